The number of amides is 1. The predicted octanol–water partition coefficient (Wildman–Crippen LogP) is 1.66. The molecular formula is C26H30N6O4S2. The van der Waals surface area contributed by atoms with Crippen LogP contribution in [0.1, 0.15) is 46.6 Å². The summed E-state index contributed by atoms with van der Waals surface area (Å²) in [6.45, 7) is 0.676. The minimum Gasteiger partial charge on any atom is -0.382 e. The number of nitrogens with one attached hydrogen (secondary N) is 4. The van der Waals surface area contributed by atoms with Crippen molar-refractivity contribution in [3.05, 3.63) is 87.9 Å². The van der Waals surface area contributed by atoms with Crippen molar-refractivity contribution < 1.29 is 18.0 Å². The van der Waals surface area contributed by atoms with Crippen LogP contribution in [0.15, 0.2) is 66.0 Å². The summed E-state index contributed by atoms with van der Waals surface area (Å²) in [4.78, 5) is 31.8. The average Bonchev–Trinajstić information content (AvgIpc) is 3.60. The Morgan fingerprint density at radius 2 is 1.71 bits per heavy atom. The van der Waals surface area contributed by atoms with Gasteiger partial charge in [-0.3, -0.25) is 15.0 Å². The summed E-state index contributed by atoms with van der Waals surface area (Å²) < 4.78 is 27.5. The number of carbonyl (C=O) groups is 2. The van der Waals surface area contributed by atoms with E-state index >= 15 is 0 Å². The maximum atomic E-state index is 14.0. The smallest absolute Gasteiger partial charge is 0.240 e. The number of aromatic nitrogens is 1. The lowest BCUT2D eigenvalue weighted by atomic mass is 9.84. The molecule has 1 amide bonds. The number of carbonyl (C=O) groups excluding carboxylic acids is 2. The summed E-state index contributed by atoms with van der Waals surface area (Å²) >= 11 is 1.10. The Morgan fingerprint density at radius 3 is 2.18 bits per heavy atom. The van der Waals surface area contributed by atoms with Gasteiger partial charge in [0.15, 0.2) is 16.6 Å². The van der Waals surface area contributed by atoms with E-state index in [1.807, 2.05) is 60.7 Å². The van der Waals surface area contributed by atoms with Crippen molar-refractivity contribution >= 4 is 38.9 Å². The van der Waals surface area contributed by atoms with Gasteiger partial charge < -0.3 is 16.4 Å². The summed E-state index contributed by atoms with van der Waals surface area (Å²) in [5.41, 5.74) is 7.28. The van der Waals surface area contributed by atoms with Crippen LogP contribution in [-0.2, 0) is 19.6 Å². The zero-order chi connectivity index (χ0) is 27.3. The van der Waals surface area contributed by atoms with Gasteiger partial charge in [0, 0.05) is 11.3 Å². The number of nitrogens with zero attached hydrogens (tertiary/aromatic N) is 1. The molecule has 1 fully saturated rings. The lowest BCUT2D eigenvalue weighted by Gasteiger charge is -2.29. The lowest BCUT2D eigenvalue weighted by molar-refractivity contribution is -0.130. The summed E-state index contributed by atoms with van der Waals surface area (Å²) in [7, 11) is -3.84. The van der Waals surface area contributed by atoms with Gasteiger partial charge in [-0.1, -0.05) is 60.7 Å². The summed E-state index contributed by atoms with van der Waals surface area (Å²) in [5.74, 6) is -1.90. The van der Waals surface area contributed by atoms with Crippen LogP contribution in [0, 0.1) is 5.41 Å². The normalized spacial score (nSPS) is 17.2. The molecule has 200 valence electrons. The van der Waals surface area contributed by atoms with E-state index in [4.69, 9.17) is 11.1 Å². The fourth-order valence-electron chi connectivity index (χ4n) is 4.60. The Kier molecular flexibility index (Phi) is 8.67. The molecule has 0 bridgehead atoms. The molecule has 0 aliphatic carbocycles. The van der Waals surface area contributed by atoms with Gasteiger partial charge in [0.25, 0.3) is 0 Å². The van der Waals surface area contributed by atoms with E-state index in [1.54, 1.807) is 5.38 Å². The second kappa shape index (κ2) is 11.9. The van der Waals surface area contributed by atoms with Gasteiger partial charge in [-0.25, -0.2) is 18.1 Å². The molecule has 38 heavy (non-hydrogen) atoms. The van der Waals surface area contributed by atoms with Gasteiger partial charge in [-0.2, -0.15) is 0 Å². The maximum absolute atomic E-state index is 14.0. The van der Waals surface area contributed by atoms with Crippen LogP contribution in [0.4, 0.5) is 0 Å². The molecule has 0 spiro atoms. The predicted molar refractivity (Wildman–Crippen MR) is 147 cm³/mol. The van der Waals surface area contributed by atoms with Crippen molar-refractivity contribution in [2.45, 2.75) is 36.9 Å². The highest BCUT2D eigenvalue weighted by molar-refractivity contribution is 7.88. The molecule has 12 heteroatoms. The molecule has 3 atom stereocenters. The van der Waals surface area contributed by atoms with Crippen LogP contribution in [-0.4, -0.2) is 55.8 Å². The molecule has 2 aromatic carbocycles. The number of nitrogen functional groups attached to an aromatic ring is 1. The second-order valence-electron chi connectivity index (χ2n) is 9.15. The van der Waals surface area contributed by atoms with Crippen molar-refractivity contribution in [2.75, 3.05) is 12.8 Å². The van der Waals surface area contributed by atoms with Crippen molar-refractivity contribution in [1.29, 1.82) is 5.41 Å². The number of hydrogen-bond donors (Lipinski definition) is 5. The molecular weight excluding hydrogens is 524 g/mol. The number of benzene rings is 2. The fourth-order valence-corrected chi connectivity index (χ4v) is 6.01. The number of hydrogen-bond acceptors (Lipinski definition) is 8. The van der Waals surface area contributed by atoms with E-state index in [0.29, 0.717) is 13.0 Å². The van der Waals surface area contributed by atoms with Crippen LogP contribution < -0.4 is 21.1 Å². The number of amidine groups is 1. The molecule has 6 N–H and O–H groups in total. The number of Topliss-reactive ketones (excluding diaryl/α,β-unsaturated/α-hetero) is 1. The van der Waals surface area contributed by atoms with E-state index in [1.165, 1.54) is 0 Å². The molecule has 1 aromatic heterocycles. The zero-order valence-corrected chi connectivity index (χ0v) is 22.4. The van der Waals surface area contributed by atoms with E-state index in [0.717, 1.165) is 35.1 Å². The number of thiazole rings is 1. The van der Waals surface area contributed by atoms with E-state index < -0.39 is 40.0 Å². The van der Waals surface area contributed by atoms with Gasteiger partial charge in [-0.05, 0) is 30.5 Å². The first-order valence-electron chi connectivity index (χ1n) is 12.1. The summed E-state index contributed by atoms with van der Waals surface area (Å²) in [5, 5.41) is 15.4. The van der Waals surface area contributed by atoms with Crippen LogP contribution in [0.5, 0.6) is 0 Å². The standard InChI is InChI=1S/C26H30N6O4S2/c1-38(35,36)32-22(20(16-9-4-2-5-10-16)17-11-6-3-7-12-17)25(34)31-21(23(33)18-13-8-14-29-18)19-15-37-26(30-19)24(27)28/h2-7,9-12,15,18,20-22,29,32H,8,13-14H2,1H3,(H3,27,28)(H,31,34)/t18-,21?,22+/m0/s1. The summed E-state index contributed by atoms with van der Waals surface area (Å²) in [6, 6.07) is 15.3. The Balaban J connectivity index is 1.75. The fraction of sp³-hybridized carbons (Fsp3) is 0.308. The van der Waals surface area contributed by atoms with Gasteiger partial charge in [0.05, 0.1) is 18.0 Å². The van der Waals surface area contributed by atoms with Crippen LogP contribution >= 0.6 is 11.3 Å². The average molecular weight is 555 g/mol. The number of sulfonamides is 1. The van der Waals surface area contributed by atoms with Gasteiger partial charge in [-0.15, -0.1) is 11.3 Å². The molecule has 0 saturated carbocycles. The molecule has 0 radical (unpaired) electrons. The molecule has 4 rings (SSSR count). The number of rotatable bonds is 11. The van der Waals surface area contributed by atoms with Gasteiger partial charge in [0.1, 0.15) is 12.1 Å². The SMILES string of the molecule is CS(=O)(=O)N[C@@H](C(=O)NC(C(=O)[C@@H]1CCCN1)c1csc(C(=N)N)n1)C(c1ccccc1)c1ccccc1. The van der Waals surface area contributed by atoms with Crippen LogP contribution in [0.25, 0.3) is 0 Å². The minimum atomic E-state index is -3.84. The second-order valence-corrected chi connectivity index (χ2v) is 11.8. The van der Waals surface area contributed by atoms with Crippen molar-refractivity contribution in [2.24, 2.45) is 5.73 Å². The summed E-state index contributed by atoms with van der Waals surface area (Å²) in [6.07, 6.45) is 2.41. The minimum absolute atomic E-state index is 0.226. The maximum Gasteiger partial charge on any atom is 0.240 e. The van der Waals surface area contributed by atoms with E-state index in [9.17, 15) is 18.0 Å². The highest BCUT2D eigenvalue weighted by Gasteiger charge is 2.38. The first-order chi connectivity index (χ1) is 18.1. The first-order valence-corrected chi connectivity index (χ1v) is 14.9. The third-order valence-electron chi connectivity index (χ3n) is 6.30. The monoisotopic (exact) mass is 554 g/mol. The quantitative estimate of drug-likeness (QED) is 0.177. The zero-order valence-electron chi connectivity index (χ0n) is 20.8. The van der Waals surface area contributed by atoms with Crippen LogP contribution in [0.3, 0.4) is 0 Å². The van der Waals surface area contributed by atoms with Crippen LogP contribution in [0.2, 0.25) is 0 Å². The Labute approximate surface area is 225 Å². The highest BCUT2D eigenvalue weighted by atomic mass is 32.2. The van der Waals surface area contributed by atoms with Gasteiger partial charge in [0.2, 0.25) is 15.9 Å². The number of ketones is 1. The third kappa shape index (κ3) is 6.70. The number of nitrogens with two attached hydrogens (primary N) is 1. The molecule has 1 aliphatic rings. The first kappa shape index (κ1) is 27.6. The topological polar surface area (TPSA) is 167 Å². The molecule has 1 saturated heterocycles. The third-order valence-corrected chi connectivity index (χ3v) is 7.87. The van der Waals surface area contributed by atoms with E-state index in [-0.39, 0.29) is 22.3 Å². The van der Waals surface area contributed by atoms with Crippen molar-refractivity contribution in [1.82, 2.24) is 20.3 Å². The molecule has 1 aliphatic heterocycles. The Bertz CT molecular complexity index is 1350. The largest absolute Gasteiger partial charge is 0.382 e. The molecule has 1 unspecified atom stereocenters. The van der Waals surface area contributed by atoms with Crippen molar-refractivity contribution in [3.8, 4) is 0 Å². The van der Waals surface area contributed by atoms with Crippen molar-refractivity contribution in [3.63, 3.8) is 0 Å². The lowest BCUT2D eigenvalue weighted by Crippen LogP contribution is -2.53. The molecule has 10 nitrogen and oxygen atoms in total. The highest BCUT2D eigenvalue weighted by Crippen LogP contribution is 2.30. The Hall–Kier alpha value is -3.45. The van der Waals surface area contributed by atoms with E-state index in [2.05, 4.69) is 20.3 Å². The molecule has 2 heterocycles. The molecule has 3 aromatic rings. The van der Waals surface area contributed by atoms with Gasteiger partial charge >= 0.3 is 0 Å². The Morgan fingerprint density at radius 1 is 1.11 bits per heavy atom.